The van der Waals surface area contributed by atoms with E-state index in [9.17, 15) is 0 Å². The topological polar surface area (TPSA) is 64.5 Å². The molecule has 7 aromatic rings. The molecule has 5 aromatic carbocycles. The molecule has 0 aliphatic heterocycles. The SMILES string of the molecule is Cc1cc(C)nc(-c2ccc(-c3nc(-c4ccc5ccccc5c4)nc(-c4ccc5ccccc5c4)n3)cc2)n1. The molecule has 5 nitrogen and oxygen atoms in total. The highest BCUT2D eigenvalue weighted by Crippen LogP contribution is 2.29. The number of rotatable bonds is 4. The Hall–Kier alpha value is -5.29. The first kappa shape index (κ1) is 23.8. The summed E-state index contributed by atoms with van der Waals surface area (Å²) >= 11 is 0. The fraction of sp³-hybridized carbons (Fsp3) is 0.0571. The van der Waals surface area contributed by atoms with Gasteiger partial charge in [-0.15, -0.1) is 0 Å². The van der Waals surface area contributed by atoms with Crippen LogP contribution in [0.4, 0.5) is 0 Å². The Kier molecular flexibility index (Phi) is 5.82. The minimum absolute atomic E-state index is 0.620. The molecule has 7 rings (SSSR count). The highest BCUT2D eigenvalue weighted by Gasteiger charge is 2.14. The van der Waals surface area contributed by atoms with Crippen LogP contribution in [0.2, 0.25) is 0 Å². The predicted molar refractivity (Wildman–Crippen MR) is 162 cm³/mol. The summed E-state index contributed by atoms with van der Waals surface area (Å²) in [7, 11) is 0. The van der Waals surface area contributed by atoms with Crippen LogP contribution in [-0.2, 0) is 0 Å². The second-order valence-electron chi connectivity index (χ2n) is 9.98. The van der Waals surface area contributed by atoms with Crippen molar-refractivity contribution >= 4 is 21.5 Å². The van der Waals surface area contributed by atoms with Crippen molar-refractivity contribution in [1.82, 2.24) is 24.9 Å². The summed E-state index contributed by atoms with van der Waals surface area (Å²) in [4.78, 5) is 24.1. The van der Waals surface area contributed by atoms with E-state index in [1.165, 1.54) is 10.8 Å². The molecule has 0 aliphatic carbocycles. The molecule has 0 fully saturated rings. The van der Waals surface area contributed by atoms with Gasteiger partial charge in [0.05, 0.1) is 0 Å². The normalized spacial score (nSPS) is 11.2. The number of fused-ring (bicyclic) bond motifs is 2. The third-order valence-electron chi connectivity index (χ3n) is 7.03. The van der Waals surface area contributed by atoms with Crippen molar-refractivity contribution in [2.45, 2.75) is 13.8 Å². The Bertz CT molecular complexity index is 1910. The first-order valence-electron chi connectivity index (χ1n) is 13.3. The van der Waals surface area contributed by atoms with Crippen molar-refractivity contribution in [2.24, 2.45) is 0 Å². The first-order chi connectivity index (χ1) is 19.6. The molecule has 2 aromatic heterocycles. The number of benzene rings is 5. The van der Waals surface area contributed by atoms with Crippen LogP contribution in [-0.4, -0.2) is 24.9 Å². The van der Waals surface area contributed by atoms with Gasteiger partial charge in [0.1, 0.15) is 0 Å². The van der Waals surface area contributed by atoms with Gasteiger partial charge in [-0.25, -0.2) is 24.9 Å². The van der Waals surface area contributed by atoms with Crippen LogP contribution in [0.25, 0.3) is 67.1 Å². The molecule has 0 saturated carbocycles. The third kappa shape index (κ3) is 4.58. The maximum Gasteiger partial charge on any atom is 0.164 e. The second kappa shape index (κ2) is 9.79. The van der Waals surface area contributed by atoms with E-state index in [-0.39, 0.29) is 0 Å². The molecular formula is C35H25N5. The number of nitrogens with zero attached hydrogens (tertiary/aromatic N) is 5. The number of aromatic nitrogens is 5. The summed E-state index contributed by atoms with van der Waals surface area (Å²) < 4.78 is 0. The molecule has 0 bridgehead atoms. The predicted octanol–water partition coefficient (Wildman–Crippen LogP) is 8.25. The fourth-order valence-corrected chi connectivity index (χ4v) is 5.04. The Morgan fingerprint density at radius 1 is 0.325 bits per heavy atom. The molecule has 0 amide bonds. The van der Waals surface area contributed by atoms with Gasteiger partial charge in [0.15, 0.2) is 23.3 Å². The number of aryl methyl sites for hydroxylation is 2. The fourth-order valence-electron chi connectivity index (χ4n) is 5.04. The quantitative estimate of drug-likeness (QED) is 0.236. The molecule has 0 atom stereocenters. The molecule has 0 radical (unpaired) electrons. The van der Waals surface area contributed by atoms with Gasteiger partial charge >= 0.3 is 0 Å². The van der Waals surface area contributed by atoms with E-state index >= 15 is 0 Å². The Morgan fingerprint density at radius 3 is 1.12 bits per heavy atom. The lowest BCUT2D eigenvalue weighted by Crippen LogP contribution is -2.00. The minimum Gasteiger partial charge on any atom is -0.233 e. The Balaban J connectivity index is 1.37. The summed E-state index contributed by atoms with van der Waals surface area (Å²) in [5.41, 5.74) is 5.65. The van der Waals surface area contributed by atoms with Crippen molar-refractivity contribution in [1.29, 1.82) is 0 Å². The van der Waals surface area contributed by atoms with E-state index in [1.807, 2.05) is 68.4 Å². The van der Waals surface area contributed by atoms with Gasteiger partial charge in [-0.2, -0.15) is 0 Å². The molecule has 0 saturated heterocycles. The highest BCUT2D eigenvalue weighted by molar-refractivity contribution is 5.88. The molecular weight excluding hydrogens is 490 g/mol. The van der Waals surface area contributed by atoms with Gasteiger partial charge in [0, 0.05) is 33.6 Å². The highest BCUT2D eigenvalue weighted by atomic mass is 15.0. The van der Waals surface area contributed by atoms with Gasteiger partial charge in [-0.3, -0.25) is 0 Å². The summed E-state index contributed by atoms with van der Waals surface area (Å²) in [5, 5.41) is 4.65. The summed E-state index contributed by atoms with van der Waals surface area (Å²) in [6, 6.07) is 39.4. The lowest BCUT2D eigenvalue weighted by atomic mass is 10.1. The van der Waals surface area contributed by atoms with Gasteiger partial charge in [0.2, 0.25) is 0 Å². The van der Waals surface area contributed by atoms with Crippen molar-refractivity contribution in [3.8, 4) is 45.6 Å². The minimum atomic E-state index is 0.620. The van der Waals surface area contributed by atoms with Gasteiger partial charge in [0.25, 0.3) is 0 Å². The molecule has 40 heavy (non-hydrogen) atoms. The van der Waals surface area contributed by atoms with E-state index in [4.69, 9.17) is 15.0 Å². The van der Waals surface area contributed by atoms with Crippen LogP contribution in [0.3, 0.4) is 0 Å². The zero-order valence-corrected chi connectivity index (χ0v) is 22.2. The first-order valence-corrected chi connectivity index (χ1v) is 13.3. The van der Waals surface area contributed by atoms with Crippen LogP contribution >= 0.6 is 0 Å². The van der Waals surface area contributed by atoms with Gasteiger partial charge < -0.3 is 0 Å². The van der Waals surface area contributed by atoms with Crippen LogP contribution in [0.1, 0.15) is 11.4 Å². The van der Waals surface area contributed by atoms with E-state index in [0.29, 0.717) is 23.3 Å². The molecule has 0 spiro atoms. The van der Waals surface area contributed by atoms with E-state index in [0.717, 1.165) is 44.4 Å². The average molecular weight is 516 g/mol. The number of hydrogen-bond donors (Lipinski definition) is 0. The zero-order valence-electron chi connectivity index (χ0n) is 22.2. The average Bonchev–Trinajstić information content (AvgIpc) is 3.00. The lowest BCUT2D eigenvalue weighted by Gasteiger charge is -2.10. The van der Waals surface area contributed by atoms with Crippen molar-refractivity contribution in [3.63, 3.8) is 0 Å². The Labute approximate surface area is 232 Å². The number of hydrogen-bond acceptors (Lipinski definition) is 5. The van der Waals surface area contributed by atoms with Gasteiger partial charge in [-0.05, 0) is 53.6 Å². The van der Waals surface area contributed by atoms with Crippen LogP contribution in [0.5, 0.6) is 0 Å². The summed E-state index contributed by atoms with van der Waals surface area (Å²) in [5.74, 6) is 2.61. The molecule has 5 heteroatoms. The van der Waals surface area contributed by atoms with Crippen molar-refractivity contribution in [2.75, 3.05) is 0 Å². The molecule has 190 valence electrons. The monoisotopic (exact) mass is 515 g/mol. The zero-order chi connectivity index (χ0) is 27.1. The van der Waals surface area contributed by atoms with E-state index < -0.39 is 0 Å². The molecule has 0 unspecified atom stereocenters. The summed E-state index contributed by atoms with van der Waals surface area (Å²) in [6.45, 7) is 3.97. The smallest absolute Gasteiger partial charge is 0.164 e. The van der Waals surface area contributed by atoms with Crippen LogP contribution < -0.4 is 0 Å². The van der Waals surface area contributed by atoms with Gasteiger partial charge in [-0.1, -0.05) is 97.1 Å². The van der Waals surface area contributed by atoms with Crippen molar-refractivity contribution in [3.05, 3.63) is 127 Å². The maximum absolute atomic E-state index is 4.96. The summed E-state index contributed by atoms with van der Waals surface area (Å²) in [6.07, 6.45) is 0. The maximum atomic E-state index is 4.96. The molecule has 0 N–H and O–H groups in total. The van der Waals surface area contributed by atoms with Crippen LogP contribution in [0.15, 0.2) is 115 Å². The van der Waals surface area contributed by atoms with E-state index in [1.54, 1.807) is 0 Å². The lowest BCUT2D eigenvalue weighted by molar-refractivity contribution is 1.06. The third-order valence-corrected chi connectivity index (χ3v) is 7.03. The van der Waals surface area contributed by atoms with Crippen LogP contribution in [0, 0.1) is 13.8 Å². The van der Waals surface area contributed by atoms with Crippen molar-refractivity contribution < 1.29 is 0 Å². The molecule has 2 heterocycles. The van der Waals surface area contributed by atoms with E-state index in [2.05, 4.69) is 70.6 Å². The molecule has 0 aliphatic rings. The largest absolute Gasteiger partial charge is 0.233 e. The second-order valence-corrected chi connectivity index (χ2v) is 9.98. The standard InChI is InChI=1S/C35H25N5/c1-22-19-23(2)37-32(36-22)26-13-15-27(16-14-26)33-38-34(30-17-11-24-7-3-5-9-28(24)20-30)40-35(39-33)31-18-12-25-8-4-6-10-29(25)21-31/h3-21H,1-2H3. The Morgan fingerprint density at radius 2 is 0.675 bits per heavy atom.